The number of hydrogen-bond donors (Lipinski definition) is 9. The second kappa shape index (κ2) is 8.17. The maximum absolute atomic E-state index is 10.4. The average molecular weight is 436 g/mol. The first-order valence-corrected chi connectivity index (χ1v) is 11.4. The Morgan fingerprint density at radius 3 is 0.682 bits per heavy atom. The third kappa shape index (κ3) is 22.9. The van der Waals surface area contributed by atoms with Crippen molar-refractivity contribution in [1.82, 2.24) is 0 Å². The van der Waals surface area contributed by atoms with E-state index in [1.807, 2.05) is 0 Å². The summed E-state index contributed by atoms with van der Waals surface area (Å²) in [7, 11) is -26.3. The summed E-state index contributed by atoms with van der Waals surface area (Å²) in [5.41, 5.74) is 0. The second-order valence-electron chi connectivity index (χ2n) is 2.68. The van der Waals surface area contributed by atoms with E-state index in [0.29, 0.717) is 0 Å². The Kier molecular flexibility index (Phi) is 9.25. The Hall–Kier alpha value is 0.670. The summed E-state index contributed by atoms with van der Waals surface area (Å²) in [6, 6.07) is 0. The Labute approximate surface area is 120 Å². The van der Waals surface area contributed by atoms with Crippen LogP contribution in [0.4, 0.5) is 0 Å². The predicted octanol–water partition coefficient (Wildman–Crippen LogP) is -1.51. The molecule has 0 radical (unpaired) electrons. The predicted molar refractivity (Wildman–Crippen MR) is 61.3 cm³/mol. The van der Waals surface area contributed by atoms with Gasteiger partial charge in [-0.15, -0.1) is 0 Å². The molecule has 0 saturated carbocycles. The normalized spacial score (nSPS) is 14.2. The van der Waals surface area contributed by atoms with Gasteiger partial charge in [-0.05, 0) is 0 Å². The van der Waals surface area contributed by atoms with Crippen molar-refractivity contribution in [3.8, 4) is 0 Å². The smallest absolute Gasteiger partial charge is 0.302 e. The van der Waals surface area contributed by atoms with E-state index in [2.05, 4.69) is 12.9 Å². The Balaban J connectivity index is 0. The summed E-state index contributed by atoms with van der Waals surface area (Å²) in [6.45, 7) is 0. The first-order valence-electron chi connectivity index (χ1n) is 3.81. The van der Waals surface area contributed by atoms with Gasteiger partial charge in [-0.25, -0.2) is 22.8 Å². The van der Waals surface area contributed by atoms with E-state index in [9.17, 15) is 22.8 Å². The SMILES string of the molecule is O=P(O)(O)OP(=O)(O)O.O=P(O)(O)OP(=O)(O)OP(=O)(O)O. The van der Waals surface area contributed by atoms with Gasteiger partial charge < -0.3 is 44.0 Å². The summed E-state index contributed by atoms with van der Waals surface area (Å²) in [4.78, 5) is 71.2. The molecule has 9 N–H and O–H groups in total. The third-order valence-electron chi connectivity index (χ3n) is 0.632. The highest BCUT2D eigenvalue weighted by Crippen LogP contribution is 2.64. The van der Waals surface area contributed by atoms with Crippen molar-refractivity contribution in [3.63, 3.8) is 0 Å². The van der Waals surface area contributed by atoms with Crippen LogP contribution in [0.1, 0.15) is 0 Å². The number of hydrogen-bond acceptors (Lipinski definition) is 8. The van der Waals surface area contributed by atoms with Gasteiger partial charge in [0.25, 0.3) is 0 Å². The summed E-state index contributed by atoms with van der Waals surface area (Å²) in [5, 5.41) is 0. The van der Waals surface area contributed by atoms with Gasteiger partial charge in [0.15, 0.2) is 0 Å². The van der Waals surface area contributed by atoms with Crippen LogP contribution in [0.5, 0.6) is 0 Å². The fourth-order valence-corrected chi connectivity index (χ4v) is 4.07. The highest BCUT2D eigenvalue weighted by Gasteiger charge is 2.38. The molecule has 17 nitrogen and oxygen atoms in total. The molecule has 0 unspecified atom stereocenters. The van der Waals surface area contributed by atoms with E-state index in [0.717, 1.165) is 0 Å². The summed E-state index contributed by atoms with van der Waals surface area (Å²) in [5.74, 6) is 0. The molecule has 0 aromatic heterocycles. The zero-order valence-corrected chi connectivity index (χ0v) is 14.0. The number of phosphoric acid groups is 5. The van der Waals surface area contributed by atoms with Crippen LogP contribution in [0.3, 0.4) is 0 Å². The van der Waals surface area contributed by atoms with Gasteiger partial charge in [0.1, 0.15) is 0 Å². The molecule has 0 fully saturated rings. The average Bonchev–Trinajstić information content (AvgIpc) is 1.82. The third-order valence-corrected chi connectivity index (χ3v) is 5.69. The molecule has 0 atom stereocenters. The molecule has 0 aromatic carbocycles. The molecule has 0 heterocycles. The van der Waals surface area contributed by atoms with Crippen LogP contribution in [-0.4, -0.2) is 44.0 Å². The monoisotopic (exact) mass is 436 g/mol. The van der Waals surface area contributed by atoms with Gasteiger partial charge in [0.2, 0.25) is 0 Å². The van der Waals surface area contributed by atoms with Gasteiger partial charge >= 0.3 is 39.1 Å². The fourth-order valence-electron chi connectivity index (χ4n) is 0.422. The Morgan fingerprint density at radius 2 is 0.591 bits per heavy atom. The highest BCUT2D eigenvalue weighted by atomic mass is 31.3. The highest BCUT2D eigenvalue weighted by molar-refractivity contribution is 7.66. The molecular weight excluding hydrogens is 427 g/mol. The molecule has 0 spiro atoms. The van der Waals surface area contributed by atoms with E-state index in [-0.39, 0.29) is 0 Å². The Bertz CT molecular complexity index is 522. The lowest BCUT2D eigenvalue weighted by Crippen LogP contribution is -1.91. The molecule has 22 heteroatoms. The minimum atomic E-state index is -5.46. The topological polar surface area (TPSA) is 295 Å². The minimum absolute atomic E-state index is 2.96. The van der Waals surface area contributed by atoms with Crippen molar-refractivity contribution in [1.29, 1.82) is 0 Å². The van der Waals surface area contributed by atoms with Crippen LogP contribution in [0.15, 0.2) is 0 Å². The molecule has 0 amide bonds. The summed E-state index contributed by atoms with van der Waals surface area (Å²) < 4.78 is 58.6. The molecule has 0 aromatic rings. The van der Waals surface area contributed by atoms with Gasteiger partial charge in [0.05, 0.1) is 0 Å². The quantitative estimate of drug-likeness (QED) is 0.214. The van der Waals surface area contributed by atoms with E-state index >= 15 is 0 Å². The Morgan fingerprint density at radius 1 is 0.409 bits per heavy atom. The van der Waals surface area contributed by atoms with E-state index < -0.39 is 39.1 Å². The molecule has 0 aliphatic carbocycles. The number of rotatable bonds is 6. The van der Waals surface area contributed by atoms with Gasteiger partial charge in [-0.3, -0.25) is 0 Å². The van der Waals surface area contributed by atoms with Crippen LogP contribution in [0, 0.1) is 0 Å². The van der Waals surface area contributed by atoms with Crippen molar-refractivity contribution in [3.05, 3.63) is 0 Å². The van der Waals surface area contributed by atoms with Crippen molar-refractivity contribution >= 4 is 39.1 Å². The van der Waals surface area contributed by atoms with Crippen molar-refractivity contribution < 1.29 is 79.8 Å². The zero-order valence-electron chi connectivity index (χ0n) is 9.53. The second-order valence-corrected chi connectivity index (χ2v) is 9.50. The summed E-state index contributed by atoms with van der Waals surface area (Å²) >= 11 is 0. The molecule has 0 aliphatic heterocycles. The first-order chi connectivity index (χ1) is 9.12. The molecule has 0 rings (SSSR count). The van der Waals surface area contributed by atoms with Crippen molar-refractivity contribution in [2.75, 3.05) is 0 Å². The van der Waals surface area contributed by atoms with E-state index in [1.54, 1.807) is 0 Å². The minimum Gasteiger partial charge on any atom is -0.302 e. The molecule has 0 aliphatic rings. The lowest BCUT2D eigenvalue weighted by molar-refractivity contribution is 0.203. The van der Waals surface area contributed by atoms with Crippen LogP contribution in [-0.2, 0) is 35.8 Å². The van der Waals surface area contributed by atoms with E-state index in [4.69, 9.17) is 44.0 Å². The van der Waals surface area contributed by atoms with Crippen LogP contribution >= 0.6 is 39.1 Å². The van der Waals surface area contributed by atoms with Gasteiger partial charge in [-0.1, -0.05) is 0 Å². The standard InChI is InChI=1S/H5O10P3.H4O7P2/c1-11(2,3)9-13(7,8)10-12(4,5)6;1-8(2,3)7-9(4,5)6/h(H,7,8)(H2,1,2,3)(H2,4,5,6);(H2,1,2,3)(H2,4,5,6). The molecule has 0 saturated heterocycles. The first kappa shape index (κ1) is 24.9. The lowest BCUT2D eigenvalue weighted by Gasteiger charge is -2.11. The summed E-state index contributed by atoms with van der Waals surface area (Å²) in [6.07, 6.45) is 0. The lowest BCUT2D eigenvalue weighted by atomic mass is 15.7. The molecule has 0 bridgehead atoms. The van der Waals surface area contributed by atoms with Crippen molar-refractivity contribution in [2.24, 2.45) is 0 Å². The van der Waals surface area contributed by atoms with Gasteiger partial charge in [-0.2, -0.15) is 12.9 Å². The maximum Gasteiger partial charge on any atom is 0.490 e. The van der Waals surface area contributed by atoms with Gasteiger partial charge in [0, 0.05) is 0 Å². The molecule has 22 heavy (non-hydrogen) atoms. The van der Waals surface area contributed by atoms with Crippen LogP contribution < -0.4 is 0 Å². The van der Waals surface area contributed by atoms with Crippen molar-refractivity contribution in [2.45, 2.75) is 0 Å². The van der Waals surface area contributed by atoms with E-state index in [1.165, 1.54) is 0 Å². The maximum atomic E-state index is 10.4. The zero-order chi connectivity index (χ0) is 18.6. The van der Waals surface area contributed by atoms with Crippen LogP contribution in [0.2, 0.25) is 0 Å². The largest absolute Gasteiger partial charge is 0.490 e. The molecular formula is H9O17P5. The fraction of sp³-hybridized carbons (Fsp3) is 0. The van der Waals surface area contributed by atoms with Crippen LogP contribution in [0.25, 0.3) is 0 Å². The molecule has 136 valence electrons.